The first-order valence-corrected chi connectivity index (χ1v) is 5.12. The fourth-order valence-corrected chi connectivity index (χ4v) is 1.60. The van der Waals surface area contributed by atoms with Gasteiger partial charge in [-0.3, -0.25) is 14.3 Å². The van der Waals surface area contributed by atoms with Crippen molar-refractivity contribution < 1.29 is 14.7 Å². The summed E-state index contributed by atoms with van der Waals surface area (Å²) in [5.41, 5.74) is 1.33. The quantitative estimate of drug-likeness (QED) is 0.758. The highest BCUT2D eigenvalue weighted by Gasteiger charge is 2.28. The van der Waals surface area contributed by atoms with Gasteiger partial charge in [0.2, 0.25) is 0 Å². The minimum atomic E-state index is -1.06. The van der Waals surface area contributed by atoms with E-state index in [-0.39, 0.29) is 12.2 Å². The van der Waals surface area contributed by atoms with Gasteiger partial charge in [0.05, 0.1) is 0 Å². The molecule has 0 unspecified atom stereocenters. The topological polar surface area (TPSA) is 84.2 Å². The van der Waals surface area contributed by atoms with Crippen molar-refractivity contribution in [2.24, 2.45) is 7.05 Å². The van der Waals surface area contributed by atoms with Crippen LogP contribution in [0.15, 0.2) is 6.07 Å². The molecule has 6 nitrogen and oxygen atoms in total. The second kappa shape index (κ2) is 3.96. The van der Waals surface area contributed by atoms with Gasteiger partial charge in [0, 0.05) is 18.7 Å². The molecule has 0 spiro atoms. The maximum absolute atomic E-state index is 11.5. The van der Waals surface area contributed by atoms with Crippen molar-refractivity contribution in [1.29, 1.82) is 0 Å². The molecule has 16 heavy (non-hydrogen) atoms. The third-order valence-corrected chi connectivity index (χ3v) is 2.54. The molecule has 1 aliphatic carbocycles. The monoisotopic (exact) mass is 223 g/mol. The van der Waals surface area contributed by atoms with Crippen LogP contribution in [-0.4, -0.2) is 33.3 Å². The van der Waals surface area contributed by atoms with Gasteiger partial charge in [0.1, 0.15) is 12.2 Å². The Bertz CT molecular complexity index is 435. The maximum Gasteiger partial charge on any atom is 0.322 e. The summed E-state index contributed by atoms with van der Waals surface area (Å²) >= 11 is 0. The molecule has 6 heteroatoms. The van der Waals surface area contributed by atoms with E-state index in [0.29, 0.717) is 5.92 Å². The lowest BCUT2D eigenvalue weighted by molar-refractivity contribution is -0.135. The molecule has 1 aromatic rings. The van der Waals surface area contributed by atoms with Gasteiger partial charge in [-0.2, -0.15) is 5.10 Å². The smallest absolute Gasteiger partial charge is 0.322 e. The summed E-state index contributed by atoms with van der Waals surface area (Å²) in [6.45, 7) is -0.381. The van der Waals surface area contributed by atoms with Crippen molar-refractivity contribution in [3.05, 3.63) is 17.5 Å². The van der Waals surface area contributed by atoms with Crippen molar-refractivity contribution in [3.8, 4) is 0 Å². The number of aryl methyl sites for hydroxylation is 1. The highest BCUT2D eigenvalue weighted by molar-refractivity contribution is 5.94. The molecule has 0 radical (unpaired) electrons. The van der Waals surface area contributed by atoms with Crippen molar-refractivity contribution in [1.82, 2.24) is 15.1 Å². The number of hydrogen-bond donors (Lipinski definition) is 2. The van der Waals surface area contributed by atoms with Crippen LogP contribution in [0.3, 0.4) is 0 Å². The second-order valence-corrected chi connectivity index (χ2v) is 3.93. The number of carboxylic acids is 1. The Morgan fingerprint density at radius 2 is 2.31 bits per heavy atom. The zero-order chi connectivity index (χ0) is 11.7. The molecule has 1 fully saturated rings. The van der Waals surface area contributed by atoms with Crippen molar-refractivity contribution in [2.45, 2.75) is 18.8 Å². The molecule has 1 amide bonds. The molecule has 86 valence electrons. The predicted octanol–water partition coefficient (Wildman–Crippen LogP) is 0.112. The molecule has 0 atom stereocenters. The van der Waals surface area contributed by atoms with Crippen molar-refractivity contribution in [3.63, 3.8) is 0 Å². The summed E-state index contributed by atoms with van der Waals surface area (Å²) in [7, 11) is 1.79. The highest BCUT2D eigenvalue weighted by atomic mass is 16.4. The average molecular weight is 223 g/mol. The van der Waals surface area contributed by atoms with Crippen molar-refractivity contribution >= 4 is 11.9 Å². The number of carboxylic acid groups (broad SMARTS) is 1. The lowest BCUT2D eigenvalue weighted by atomic mass is 10.2. The Hall–Kier alpha value is -1.85. The number of aliphatic carboxylic acids is 1. The summed E-state index contributed by atoms with van der Waals surface area (Å²) < 4.78 is 1.69. The Balaban J connectivity index is 2.05. The van der Waals surface area contributed by atoms with E-state index in [4.69, 9.17) is 5.11 Å². The zero-order valence-corrected chi connectivity index (χ0v) is 8.93. The SMILES string of the molecule is Cn1nc(C(=O)NCC(=O)O)cc1C1CC1. The highest BCUT2D eigenvalue weighted by Crippen LogP contribution is 2.39. The molecule has 0 aromatic carbocycles. The van der Waals surface area contributed by atoms with Crippen LogP contribution < -0.4 is 5.32 Å². The standard InChI is InChI=1S/C10H13N3O3/c1-13-8(6-2-3-6)4-7(12-13)10(16)11-5-9(14)15/h4,6H,2-3,5H2,1H3,(H,11,16)(H,14,15). The summed E-state index contributed by atoms with van der Waals surface area (Å²) in [4.78, 5) is 21.8. The van der Waals surface area contributed by atoms with Crippen LogP contribution in [-0.2, 0) is 11.8 Å². The molecule has 1 saturated carbocycles. The predicted molar refractivity (Wildman–Crippen MR) is 55.2 cm³/mol. The first-order chi connectivity index (χ1) is 7.58. The number of aromatic nitrogens is 2. The second-order valence-electron chi connectivity index (χ2n) is 3.93. The number of carbonyl (C=O) groups is 2. The molecule has 1 aliphatic rings. The maximum atomic E-state index is 11.5. The van der Waals surface area contributed by atoms with Gasteiger partial charge in [-0.1, -0.05) is 0 Å². The number of amides is 1. The normalized spacial score (nSPS) is 14.8. The van der Waals surface area contributed by atoms with Gasteiger partial charge in [-0.05, 0) is 18.9 Å². The van der Waals surface area contributed by atoms with Gasteiger partial charge in [0.15, 0.2) is 0 Å². The lowest BCUT2D eigenvalue weighted by Gasteiger charge is -1.97. The van der Waals surface area contributed by atoms with E-state index in [9.17, 15) is 9.59 Å². The van der Waals surface area contributed by atoms with E-state index < -0.39 is 11.9 Å². The summed E-state index contributed by atoms with van der Waals surface area (Å²) in [6, 6.07) is 1.73. The third-order valence-electron chi connectivity index (χ3n) is 2.54. The Morgan fingerprint density at radius 1 is 1.62 bits per heavy atom. The number of nitrogens with one attached hydrogen (secondary N) is 1. The molecule has 0 aliphatic heterocycles. The summed E-state index contributed by atoms with van der Waals surface area (Å²) in [5.74, 6) is -0.991. The number of hydrogen-bond acceptors (Lipinski definition) is 3. The van der Waals surface area contributed by atoms with Gasteiger partial charge < -0.3 is 10.4 Å². The first kappa shape index (κ1) is 10.7. The van der Waals surface area contributed by atoms with Gasteiger partial charge in [-0.25, -0.2) is 0 Å². The fraction of sp³-hybridized carbons (Fsp3) is 0.500. The fourth-order valence-electron chi connectivity index (χ4n) is 1.60. The van der Waals surface area contributed by atoms with Gasteiger partial charge in [-0.15, -0.1) is 0 Å². The Morgan fingerprint density at radius 3 is 2.88 bits per heavy atom. The Kier molecular flexibility index (Phi) is 2.64. The van der Waals surface area contributed by atoms with E-state index >= 15 is 0 Å². The Labute approximate surface area is 92.3 Å². The van der Waals surface area contributed by atoms with Crippen LogP contribution >= 0.6 is 0 Å². The van der Waals surface area contributed by atoms with Crippen LogP contribution in [0.4, 0.5) is 0 Å². The van der Waals surface area contributed by atoms with Crippen LogP contribution in [0, 0.1) is 0 Å². The van der Waals surface area contributed by atoms with Crippen LogP contribution in [0.5, 0.6) is 0 Å². The van der Waals surface area contributed by atoms with Gasteiger partial charge >= 0.3 is 5.97 Å². The largest absolute Gasteiger partial charge is 0.480 e. The number of rotatable bonds is 4. The van der Waals surface area contributed by atoms with Crippen LogP contribution in [0.25, 0.3) is 0 Å². The summed E-state index contributed by atoms with van der Waals surface area (Å²) in [5, 5.41) is 14.8. The van der Waals surface area contributed by atoms with Crippen LogP contribution in [0.2, 0.25) is 0 Å². The summed E-state index contributed by atoms with van der Waals surface area (Å²) in [6.07, 6.45) is 2.27. The van der Waals surface area contributed by atoms with E-state index in [0.717, 1.165) is 18.5 Å². The van der Waals surface area contributed by atoms with E-state index in [1.165, 1.54) is 0 Å². The molecule has 2 N–H and O–H groups in total. The lowest BCUT2D eigenvalue weighted by Crippen LogP contribution is -2.29. The molecule has 0 bridgehead atoms. The minimum absolute atomic E-state index is 0.283. The van der Waals surface area contributed by atoms with Crippen LogP contribution in [0.1, 0.15) is 34.9 Å². The van der Waals surface area contributed by atoms with Gasteiger partial charge in [0.25, 0.3) is 5.91 Å². The zero-order valence-electron chi connectivity index (χ0n) is 8.93. The van der Waals surface area contributed by atoms with E-state index in [2.05, 4.69) is 10.4 Å². The minimum Gasteiger partial charge on any atom is -0.480 e. The van der Waals surface area contributed by atoms with Crippen molar-refractivity contribution in [2.75, 3.05) is 6.54 Å². The molecule has 2 rings (SSSR count). The molecule has 1 aromatic heterocycles. The first-order valence-electron chi connectivity index (χ1n) is 5.12. The van der Waals surface area contributed by atoms with E-state index in [1.807, 2.05) is 0 Å². The number of carbonyl (C=O) groups excluding carboxylic acids is 1. The average Bonchev–Trinajstić information content (AvgIpc) is 2.99. The third kappa shape index (κ3) is 2.21. The molecular weight excluding hydrogens is 210 g/mol. The van der Waals surface area contributed by atoms with E-state index in [1.54, 1.807) is 17.8 Å². The number of nitrogens with zero attached hydrogens (tertiary/aromatic N) is 2. The molecule has 1 heterocycles. The molecular formula is C10H13N3O3. The molecule has 0 saturated heterocycles.